The van der Waals surface area contributed by atoms with Crippen LogP contribution in [0.5, 0.6) is 5.75 Å². The minimum absolute atomic E-state index is 0.709. The molecule has 2 aromatic carbocycles. The lowest BCUT2D eigenvalue weighted by Crippen LogP contribution is -2.01. The molecule has 0 bridgehead atoms. The lowest BCUT2D eigenvalue weighted by atomic mass is 10.2. The van der Waals surface area contributed by atoms with E-state index < -0.39 is 0 Å². The van der Waals surface area contributed by atoms with E-state index in [0.717, 1.165) is 36.5 Å². The number of hydrogen-bond donors (Lipinski definition) is 1. The molecule has 0 saturated heterocycles. The molecular weight excluding hydrogens is 405 g/mol. The smallest absolute Gasteiger partial charge is 0.133 e. The Morgan fingerprint density at radius 3 is 2.55 bits per heavy atom. The average Bonchev–Trinajstić information content (AvgIpc) is 2.41. The van der Waals surface area contributed by atoms with Gasteiger partial charge < -0.3 is 10.1 Å². The molecule has 0 heterocycles. The van der Waals surface area contributed by atoms with Gasteiger partial charge in [-0.15, -0.1) is 0 Å². The largest absolute Gasteiger partial charge is 0.496 e. The summed E-state index contributed by atoms with van der Waals surface area (Å²) >= 11 is 13.2. The van der Waals surface area contributed by atoms with Crippen molar-refractivity contribution < 1.29 is 4.74 Å². The molecule has 0 unspecified atom stereocenters. The Morgan fingerprint density at radius 2 is 1.90 bits per heavy atom. The zero-order chi connectivity index (χ0) is 14.7. The van der Waals surface area contributed by atoms with Gasteiger partial charge in [0, 0.05) is 16.0 Å². The maximum atomic E-state index is 6.15. The third-order valence-electron chi connectivity index (χ3n) is 2.95. The first-order chi connectivity index (χ1) is 9.51. The maximum absolute atomic E-state index is 6.15. The van der Waals surface area contributed by atoms with Gasteiger partial charge in [0.2, 0.25) is 0 Å². The summed E-state index contributed by atoms with van der Waals surface area (Å²) in [5.41, 5.74) is 3.19. The van der Waals surface area contributed by atoms with Crippen molar-refractivity contribution in [3.05, 3.63) is 55.4 Å². The van der Waals surface area contributed by atoms with E-state index >= 15 is 0 Å². The Kier molecular flexibility index (Phi) is 5.35. The standard InChI is InChI=1S/C15H14Br2ClNO/c1-9-5-11(16)14(7-13(9)18)19-8-10-3-4-15(20-2)12(17)6-10/h3-7,19H,8H2,1-2H3. The van der Waals surface area contributed by atoms with E-state index in [9.17, 15) is 0 Å². The Bertz CT molecular complexity index is 632. The van der Waals surface area contributed by atoms with E-state index in [1.54, 1.807) is 7.11 Å². The molecule has 0 aliphatic heterocycles. The molecule has 20 heavy (non-hydrogen) atoms. The topological polar surface area (TPSA) is 21.3 Å². The van der Waals surface area contributed by atoms with Crippen LogP contribution < -0.4 is 10.1 Å². The van der Waals surface area contributed by atoms with Crippen molar-refractivity contribution >= 4 is 49.1 Å². The van der Waals surface area contributed by atoms with Gasteiger partial charge in [0.1, 0.15) is 5.75 Å². The highest BCUT2D eigenvalue weighted by Crippen LogP contribution is 2.30. The number of aryl methyl sites for hydroxylation is 1. The zero-order valence-corrected chi connectivity index (χ0v) is 15.1. The summed E-state index contributed by atoms with van der Waals surface area (Å²) in [6.07, 6.45) is 0. The normalized spacial score (nSPS) is 10.4. The van der Waals surface area contributed by atoms with Crippen LogP contribution in [0.4, 0.5) is 5.69 Å². The summed E-state index contributed by atoms with van der Waals surface area (Å²) in [6.45, 7) is 2.69. The Labute approximate surface area is 140 Å². The second-order valence-electron chi connectivity index (χ2n) is 4.40. The van der Waals surface area contributed by atoms with Crippen molar-refractivity contribution in [2.24, 2.45) is 0 Å². The first-order valence-corrected chi connectivity index (χ1v) is 7.99. The van der Waals surface area contributed by atoms with Crippen LogP contribution in [-0.4, -0.2) is 7.11 Å². The first kappa shape index (κ1) is 15.7. The monoisotopic (exact) mass is 417 g/mol. The van der Waals surface area contributed by atoms with Gasteiger partial charge in [0.05, 0.1) is 17.3 Å². The SMILES string of the molecule is COc1ccc(CNc2cc(Cl)c(C)cc2Br)cc1Br. The van der Waals surface area contributed by atoms with E-state index in [1.165, 1.54) is 0 Å². The molecule has 0 radical (unpaired) electrons. The van der Waals surface area contributed by atoms with Gasteiger partial charge in [0.15, 0.2) is 0 Å². The van der Waals surface area contributed by atoms with E-state index in [4.69, 9.17) is 16.3 Å². The molecule has 0 aliphatic rings. The van der Waals surface area contributed by atoms with E-state index in [0.29, 0.717) is 6.54 Å². The summed E-state index contributed by atoms with van der Waals surface area (Å²) in [5, 5.41) is 4.13. The molecule has 0 amide bonds. The van der Waals surface area contributed by atoms with Crippen molar-refractivity contribution in [1.82, 2.24) is 0 Å². The lowest BCUT2D eigenvalue weighted by Gasteiger charge is -2.12. The van der Waals surface area contributed by atoms with Crippen molar-refractivity contribution in [2.45, 2.75) is 13.5 Å². The van der Waals surface area contributed by atoms with Crippen molar-refractivity contribution in [3.63, 3.8) is 0 Å². The molecule has 0 spiro atoms. The molecule has 5 heteroatoms. The van der Waals surface area contributed by atoms with Gasteiger partial charge in [-0.1, -0.05) is 17.7 Å². The van der Waals surface area contributed by atoms with Gasteiger partial charge in [-0.05, 0) is 74.2 Å². The van der Waals surface area contributed by atoms with Crippen LogP contribution >= 0.6 is 43.5 Å². The second-order valence-corrected chi connectivity index (χ2v) is 6.52. The Morgan fingerprint density at radius 1 is 1.15 bits per heavy atom. The number of nitrogens with one attached hydrogen (secondary N) is 1. The predicted molar refractivity (Wildman–Crippen MR) is 91.9 cm³/mol. The third kappa shape index (κ3) is 3.68. The van der Waals surface area contributed by atoms with Crippen molar-refractivity contribution in [2.75, 3.05) is 12.4 Å². The van der Waals surface area contributed by atoms with Crippen LogP contribution in [0, 0.1) is 6.92 Å². The fraction of sp³-hybridized carbons (Fsp3) is 0.200. The summed E-state index contributed by atoms with van der Waals surface area (Å²) in [5.74, 6) is 0.827. The first-order valence-electron chi connectivity index (χ1n) is 6.03. The Hall–Kier alpha value is -0.710. The molecule has 2 aromatic rings. The molecular formula is C15H14Br2ClNO. The number of halogens is 3. The van der Waals surface area contributed by atoms with Crippen molar-refractivity contribution in [1.29, 1.82) is 0 Å². The number of anilines is 1. The summed E-state index contributed by atoms with van der Waals surface area (Å²) < 4.78 is 7.17. The van der Waals surface area contributed by atoms with Crippen LogP contribution in [0.25, 0.3) is 0 Å². The fourth-order valence-corrected chi connectivity index (χ4v) is 3.15. The zero-order valence-electron chi connectivity index (χ0n) is 11.1. The molecule has 106 valence electrons. The number of ether oxygens (including phenoxy) is 1. The van der Waals surface area contributed by atoms with Gasteiger partial charge in [-0.25, -0.2) is 0 Å². The third-order valence-corrected chi connectivity index (χ3v) is 4.63. The van der Waals surface area contributed by atoms with E-state index in [1.807, 2.05) is 37.3 Å². The van der Waals surface area contributed by atoms with Crippen LogP contribution in [-0.2, 0) is 6.54 Å². The summed E-state index contributed by atoms with van der Waals surface area (Å²) in [6, 6.07) is 9.95. The number of rotatable bonds is 4. The molecule has 0 saturated carbocycles. The molecule has 1 N–H and O–H groups in total. The summed E-state index contributed by atoms with van der Waals surface area (Å²) in [4.78, 5) is 0. The van der Waals surface area contributed by atoms with Crippen LogP contribution in [0.1, 0.15) is 11.1 Å². The fourth-order valence-electron chi connectivity index (χ4n) is 1.80. The summed E-state index contributed by atoms with van der Waals surface area (Å²) in [7, 11) is 1.66. The predicted octanol–water partition coefficient (Wildman–Crippen LogP) is 5.79. The van der Waals surface area contributed by atoms with Crippen LogP contribution in [0.3, 0.4) is 0 Å². The van der Waals surface area contributed by atoms with E-state index in [-0.39, 0.29) is 0 Å². The average molecular weight is 420 g/mol. The second kappa shape index (κ2) is 6.83. The maximum Gasteiger partial charge on any atom is 0.133 e. The molecule has 0 aliphatic carbocycles. The van der Waals surface area contributed by atoms with Gasteiger partial charge in [-0.2, -0.15) is 0 Å². The molecule has 0 atom stereocenters. The van der Waals surface area contributed by atoms with E-state index in [2.05, 4.69) is 37.2 Å². The number of hydrogen-bond acceptors (Lipinski definition) is 2. The minimum Gasteiger partial charge on any atom is -0.496 e. The highest BCUT2D eigenvalue weighted by atomic mass is 79.9. The van der Waals surface area contributed by atoms with Gasteiger partial charge >= 0.3 is 0 Å². The quantitative estimate of drug-likeness (QED) is 0.677. The highest BCUT2D eigenvalue weighted by molar-refractivity contribution is 9.11. The minimum atomic E-state index is 0.709. The highest BCUT2D eigenvalue weighted by Gasteiger charge is 2.05. The van der Waals surface area contributed by atoms with Gasteiger partial charge in [0.25, 0.3) is 0 Å². The molecule has 0 fully saturated rings. The number of benzene rings is 2. The van der Waals surface area contributed by atoms with Crippen LogP contribution in [0.15, 0.2) is 39.3 Å². The van der Waals surface area contributed by atoms with Gasteiger partial charge in [-0.3, -0.25) is 0 Å². The molecule has 0 aromatic heterocycles. The Balaban J connectivity index is 2.13. The lowest BCUT2D eigenvalue weighted by molar-refractivity contribution is 0.412. The van der Waals surface area contributed by atoms with Crippen LogP contribution in [0.2, 0.25) is 5.02 Å². The molecule has 2 rings (SSSR count). The number of methoxy groups -OCH3 is 1. The van der Waals surface area contributed by atoms with Crippen molar-refractivity contribution in [3.8, 4) is 5.75 Å². The molecule has 2 nitrogen and oxygen atoms in total.